The normalized spacial score (nSPS) is 13.2. The minimum atomic E-state index is -0.580. The third-order valence-corrected chi connectivity index (χ3v) is 4.27. The van der Waals surface area contributed by atoms with Gasteiger partial charge in [-0.2, -0.15) is 0 Å². The van der Waals surface area contributed by atoms with E-state index >= 15 is 0 Å². The number of hydrogen-bond acceptors (Lipinski definition) is 3. The number of carbonyl (C=O) groups is 3. The van der Waals surface area contributed by atoms with E-state index in [0.717, 1.165) is 16.4 Å². The summed E-state index contributed by atoms with van der Waals surface area (Å²) in [5, 5.41) is 3.90. The second kappa shape index (κ2) is 6.07. The number of imide groups is 1. The van der Waals surface area contributed by atoms with Crippen molar-refractivity contribution in [2.75, 3.05) is 11.9 Å². The summed E-state index contributed by atoms with van der Waals surface area (Å²) in [5.74, 6) is -2.11. The highest BCUT2D eigenvalue weighted by Gasteiger charge is 2.33. The van der Waals surface area contributed by atoms with Crippen LogP contribution in [0.5, 0.6) is 0 Å². The Labute approximate surface area is 148 Å². The van der Waals surface area contributed by atoms with Crippen LogP contribution in [0.15, 0.2) is 60.7 Å². The summed E-state index contributed by atoms with van der Waals surface area (Å²) in [6.45, 7) is -0.446. The number of nitrogens with one attached hydrogen (secondary N) is 1. The molecule has 3 amide bonds. The molecular weight excluding hydrogens is 335 g/mol. The first kappa shape index (κ1) is 16.0. The quantitative estimate of drug-likeness (QED) is 0.739. The molecule has 5 nitrogen and oxygen atoms in total. The van der Waals surface area contributed by atoms with Crippen LogP contribution in [0.2, 0.25) is 0 Å². The molecule has 26 heavy (non-hydrogen) atoms. The highest BCUT2D eigenvalue weighted by molar-refractivity contribution is 6.26. The molecule has 0 saturated carbocycles. The van der Waals surface area contributed by atoms with Crippen LogP contribution in [0.4, 0.5) is 10.1 Å². The van der Waals surface area contributed by atoms with E-state index < -0.39 is 30.1 Å². The van der Waals surface area contributed by atoms with E-state index in [2.05, 4.69) is 5.32 Å². The van der Waals surface area contributed by atoms with Gasteiger partial charge in [-0.1, -0.05) is 30.3 Å². The van der Waals surface area contributed by atoms with Gasteiger partial charge in [0, 0.05) is 22.2 Å². The molecule has 0 radical (unpaired) electrons. The Balaban J connectivity index is 1.63. The molecule has 1 aliphatic rings. The number of amides is 3. The van der Waals surface area contributed by atoms with Crippen molar-refractivity contribution in [3.8, 4) is 0 Å². The number of benzene rings is 3. The first-order valence-corrected chi connectivity index (χ1v) is 7.98. The summed E-state index contributed by atoms with van der Waals surface area (Å²) in [7, 11) is 0. The lowest BCUT2D eigenvalue weighted by atomic mass is 9.94. The van der Waals surface area contributed by atoms with Crippen LogP contribution in [-0.4, -0.2) is 29.2 Å². The summed E-state index contributed by atoms with van der Waals surface area (Å²) < 4.78 is 13.2. The molecule has 128 valence electrons. The zero-order valence-corrected chi connectivity index (χ0v) is 13.5. The van der Waals surface area contributed by atoms with Gasteiger partial charge in [0.2, 0.25) is 5.91 Å². The first-order valence-electron chi connectivity index (χ1n) is 7.98. The predicted molar refractivity (Wildman–Crippen MR) is 94.3 cm³/mol. The fourth-order valence-electron chi connectivity index (χ4n) is 3.13. The van der Waals surface area contributed by atoms with Crippen LogP contribution >= 0.6 is 0 Å². The summed E-state index contributed by atoms with van der Waals surface area (Å²) >= 11 is 0. The largest absolute Gasteiger partial charge is 0.324 e. The lowest BCUT2D eigenvalue weighted by molar-refractivity contribution is -0.116. The molecular formula is C20H13FN2O3. The topological polar surface area (TPSA) is 66.5 Å². The van der Waals surface area contributed by atoms with E-state index in [-0.39, 0.29) is 5.69 Å². The van der Waals surface area contributed by atoms with Gasteiger partial charge in [-0.25, -0.2) is 4.39 Å². The molecule has 4 rings (SSSR count). The predicted octanol–water partition coefficient (Wildman–Crippen LogP) is 3.21. The van der Waals surface area contributed by atoms with Crippen molar-refractivity contribution < 1.29 is 18.8 Å². The highest BCUT2D eigenvalue weighted by atomic mass is 19.1. The molecule has 3 aromatic carbocycles. The van der Waals surface area contributed by atoms with Crippen LogP contribution in [0.25, 0.3) is 10.8 Å². The zero-order valence-electron chi connectivity index (χ0n) is 13.5. The van der Waals surface area contributed by atoms with Crippen molar-refractivity contribution >= 4 is 34.2 Å². The van der Waals surface area contributed by atoms with Gasteiger partial charge >= 0.3 is 0 Å². The molecule has 0 atom stereocenters. The van der Waals surface area contributed by atoms with Gasteiger partial charge in [0.1, 0.15) is 12.4 Å². The van der Waals surface area contributed by atoms with Gasteiger partial charge in [0.25, 0.3) is 11.8 Å². The summed E-state index contributed by atoms with van der Waals surface area (Å²) in [5.41, 5.74) is 1.03. The number of carbonyl (C=O) groups excluding carboxylic acids is 3. The van der Waals surface area contributed by atoms with Gasteiger partial charge in [0.05, 0.1) is 0 Å². The van der Waals surface area contributed by atoms with E-state index in [9.17, 15) is 18.8 Å². The Morgan fingerprint density at radius 1 is 0.923 bits per heavy atom. The van der Waals surface area contributed by atoms with Crippen LogP contribution in [0.3, 0.4) is 0 Å². The Hall–Kier alpha value is -3.54. The van der Waals surface area contributed by atoms with E-state index in [4.69, 9.17) is 0 Å². The Morgan fingerprint density at radius 3 is 2.15 bits per heavy atom. The van der Waals surface area contributed by atoms with E-state index in [1.54, 1.807) is 24.3 Å². The fourth-order valence-corrected chi connectivity index (χ4v) is 3.13. The van der Waals surface area contributed by atoms with E-state index in [1.807, 2.05) is 12.1 Å². The van der Waals surface area contributed by atoms with Crippen molar-refractivity contribution in [1.82, 2.24) is 4.90 Å². The lowest BCUT2D eigenvalue weighted by Crippen LogP contribution is -2.44. The molecule has 0 saturated heterocycles. The molecule has 1 aliphatic heterocycles. The standard InChI is InChI=1S/C20H13FN2O3/c21-13-6-3-7-14(10-13)22-17(24)11-23-19(25)15-8-1-4-12-5-2-9-16(18(12)15)20(23)26/h1-10H,11H2,(H,22,24). The number of anilines is 1. The fraction of sp³-hybridized carbons (Fsp3) is 0.0500. The smallest absolute Gasteiger partial charge is 0.261 e. The molecule has 0 bridgehead atoms. The molecule has 6 heteroatoms. The number of rotatable bonds is 3. The maximum Gasteiger partial charge on any atom is 0.261 e. The maximum absolute atomic E-state index is 13.2. The SMILES string of the molecule is O=C(CN1C(=O)c2cccc3cccc(c23)C1=O)Nc1cccc(F)c1. The van der Waals surface area contributed by atoms with Gasteiger partial charge < -0.3 is 5.32 Å². The maximum atomic E-state index is 13.2. The van der Waals surface area contributed by atoms with Crippen LogP contribution in [0, 0.1) is 5.82 Å². The van der Waals surface area contributed by atoms with Gasteiger partial charge in [-0.3, -0.25) is 19.3 Å². The van der Waals surface area contributed by atoms with Crippen LogP contribution in [-0.2, 0) is 4.79 Å². The van der Waals surface area contributed by atoms with Gasteiger partial charge in [0.15, 0.2) is 0 Å². The highest BCUT2D eigenvalue weighted by Crippen LogP contribution is 2.29. The Bertz CT molecular complexity index is 1030. The molecule has 1 N–H and O–H groups in total. The van der Waals surface area contributed by atoms with Crippen molar-refractivity contribution in [3.05, 3.63) is 77.6 Å². The molecule has 0 spiro atoms. The number of hydrogen-bond donors (Lipinski definition) is 1. The molecule has 0 fully saturated rings. The van der Waals surface area contributed by atoms with Crippen molar-refractivity contribution in [2.45, 2.75) is 0 Å². The second-order valence-corrected chi connectivity index (χ2v) is 5.96. The minimum absolute atomic E-state index is 0.259. The number of halogens is 1. The zero-order chi connectivity index (χ0) is 18.3. The third kappa shape index (κ3) is 2.61. The van der Waals surface area contributed by atoms with Gasteiger partial charge in [-0.15, -0.1) is 0 Å². The molecule has 0 aliphatic carbocycles. The van der Waals surface area contributed by atoms with Crippen molar-refractivity contribution in [2.24, 2.45) is 0 Å². The molecule has 3 aromatic rings. The van der Waals surface area contributed by atoms with Crippen LogP contribution < -0.4 is 5.32 Å². The minimum Gasteiger partial charge on any atom is -0.324 e. The second-order valence-electron chi connectivity index (χ2n) is 5.96. The Morgan fingerprint density at radius 2 is 1.54 bits per heavy atom. The molecule has 0 aromatic heterocycles. The van der Waals surface area contributed by atoms with E-state index in [1.165, 1.54) is 18.2 Å². The third-order valence-electron chi connectivity index (χ3n) is 4.27. The van der Waals surface area contributed by atoms with Gasteiger partial charge in [-0.05, 0) is 35.7 Å². The summed E-state index contributed by atoms with van der Waals surface area (Å²) in [6.07, 6.45) is 0. The average Bonchev–Trinajstić information content (AvgIpc) is 2.63. The summed E-state index contributed by atoms with van der Waals surface area (Å²) in [4.78, 5) is 38.6. The molecule has 1 heterocycles. The molecule has 0 unspecified atom stereocenters. The lowest BCUT2D eigenvalue weighted by Gasteiger charge is -2.26. The van der Waals surface area contributed by atoms with E-state index in [0.29, 0.717) is 16.5 Å². The van der Waals surface area contributed by atoms with Crippen LogP contribution in [0.1, 0.15) is 20.7 Å². The first-order chi connectivity index (χ1) is 12.5. The number of nitrogens with zero attached hydrogens (tertiary/aromatic N) is 1. The van der Waals surface area contributed by atoms with Crippen molar-refractivity contribution in [3.63, 3.8) is 0 Å². The van der Waals surface area contributed by atoms with Crippen molar-refractivity contribution in [1.29, 1.82) is 0 Å². The monoisotopic (exact) mass is 348 g/mol. The average molecular weight is 348 g/mol. The summed E-state index contributed by atoms with van der Waals surface area (Å²) in [6, 6.07) is 15.8. The Kier molecular flexibility index (Phi) is 3.73.